The molecule has 0 bridgehead atoms. The average molecular weight is 437 g/mol. The molecule has 1 aliphatic carbocycles. The van der Waals surface area contributed by atoms with E-state index in [-0.39, 0.29) is 36.6 Å². The van der Waals surface area contributed by atoms with Gasteiger partial charge in [0.1, 0.15) is 0 Å². The van der Waals surface area contributed by atoms with Crippen molar-refractivity contribution in [2.24, 2.45) is 5.73 Å². The summed E-state index contributed by atoms with van der Waals surface area (Å²) >= 11 is 0. The fourth-order valence-corrected chi connectivity index (χ4v) is 4.00. The molecule has 1 fully saturated rings. The molecule has 2 aromatic rings. The first kappa shape index (κ1) is 23.1. The fourth-order valence-electron chi connectivity index (χ4n) is 4.00. The van der Waals surface area contributed by atoms with Crippen LogP contribution in [0.15, 0.2) is 42.7 Å². The summed E-state index contributed by atoms with van der Waals surface area (Å²) in [4.78, 5) is 31.2. The van der Waals surface area contributed by atoms with E-state index in [0.29, 0.717) is 12.1 Å². The molecule has 1 aromatic carbocycles. The molecular weight excluding hydrogens is 411 g/mol. The molecule has 3 N–H and O–H groups in total. The Morgan fingerprint density at radius 2 is 1.86 bits per heavy atom. The Morgan fingerprint density at radius 3 is 2.55 bits per heavy atom. The molecule has 1 saturated carbocycles. The summed E-state index contributed by atoms with van der Waals surface area (Å²) in [5.41, 5.74) is 8.82. The van der Waals surface area contributed by atoms with Crippen LogP contribution in [0.5, 0.6) is 0 Å². The highest BCUT2D eigenvalue weighted by atomic mass is 35.5. The Morgan fingerprint density at radius 1 is 1.10 bits per heavy atom. The van der Waals surface area contributed by atoms with Crippen molar-refractivity contribution < 1.29 is 9.59 Å². The highest BCUT2D eigenvalue weighted by Gasteiger charge is 2.35. The van der Waals surface area contributed by atoms with Gasteiger partial charge in [-0.2, -0.15) is 0 Å². The van der Waals surface area contributed by atoms with Crippen LogP contribution in [0.2, 0.25) is 0 Å². The lowest BCUT2D eigenvalue weighted by atomic mass is 9.82. The van der Waals surface area contributed by atoms with Gasteiger partial charge in [0.15, 0.2) is 0 Å². The topological polar surface area (TPSA) is 88.3 Å². The molecule has 1 aromatic heterocycles. The van der Waals surface area contributed by atoms with Crippen molar-refractivity contribution in [2.45, 2.75) is 44.1 Å². The summed E-state index contributed by atoms with van der Waals surface area (Å²) in [5.74, 6) is -0.162. The Balaban J connectivity index is 0.00000150. The Labute approximate surface area is 183 Å². The number of pyridine rings is 1. The smallest absolute Gasteiger partial charge is 0.259 e. The van der Waals surface area contributed by atoms with Crippen LogP contribution < -0.4 is 16.0 Å². The minimum absolute atomic E-state index is 0. The van der Waals surface area contributed by atoms with Gasteiger partial charge in [0.2, 0.25) is 5.91 Å². The third-order valence-corrected chi connectivity index (χ3v) is 5.58. The number of anilines is 2. The van der Waals surface area contributed by atoms with Gasteiger partial charge in [-0.05, 0) is 55.2 Å². The zero-order chi connectivity index (χ0) is 18.9. The monoisotopic (exact) mass is 436 g/mol. The summed E-state index contributed by atoms with van der Waals surface area (Å²) in [5, 5.41) is 2.98. The molecule has 156 valence electrons. The van der Waals surface area contributed by atoms with Crippen molar-refractivity contribution in [3.63, 3.8) is 0 Å². The molecule has 2 aliphatic rings. The number of nitrogens with two attached hydrogens (primary N) is 1. The fraction of sp³-hybridized carbons (Fsp3) is 0.381. The quantitative estimate of drug-likeness (QED) is 0.766. The molecular formula is C21H26Cl2N4O2. The van der Waals surface area contributed by atoms with Gasteiger partial charge >= 0.3 is 0 Å². The van der Waals surface area contributed by atoms with E-state index >= 15 is 0 Å². The van der Waals surface area contributed by atoms with Crippen LogP contribution in [0.1, 0.15) is 48.0 Å². The van der Waals surface area contributed by atoms with Crippen LogP contribution in [0.25, 0.3) is 0 Å². The molecule has 0 radical (unpaired) electrons. The number of nitrogens with one attached hydrogen (secondary N) is 1. The summed E-state index contributed by atoms with van der Waals surface area (Å²) < 4.78 is 0. The predicted molar refractivity (Wildman–Crippen MR) is 119 cm³/mol. The molecule has 0 unspecified atom stereocenters. The maximum atomic E-state index is 12.7. The van der Waals surface area contributed by atoms with E-state index in [1.807, 2.05) is 18.2 Å². The van der Waals surface area contributed by atoms with E-state index in [4.69, 9.17) is 5.73 Å². The van der Waals surface area contributed by atoms with E-state index in [9.17, 15) is 9.59 Å². The number of hydrogen-bond acceptors (Lipinski definition) is 4. The minimum Gasteiger partial charge on any atom is -0.324 e. The maximum absolute atomic E-state index is 12.7. The number of nitrogens with zero attached hydrogens (tertiary/aromatic N) is 2. The number of halogens is 2. The lowest BCUT2D eigenvalue weighted by molar-refractivity contribution is -0.122. The first-order valence-corrected chi connectivity index (χ1v) is 9.52. The van der Waals surface area contributed by atoms with Crippen molar-refractivity contribution in [3.05, 3.63) is 53.9 Å². The van der Waals surface area contributed by atoms with Gasteiger partial charge in [-0.25, -0.2) is 0 Å². The lowest BCUT2D eigenvalue weighted by Crippen LogP contribution is -2.52. The van der Waals surface area contributed by atoms with Gasteiger partial charge in [-0.1, -0.05) is 19.3 Å². The van der Waals surface area contributed by atoms with E-state index in [0.717, 1.165) is 55.5 Å². The van der Waals surface area contributed by atoms with Crippen molar-refractivity contribution in [1.82, 2.24) is 4.98 Å². The third-order valence-electron chi connectivity index (χ3n) is 5.58. The van der Waals surface area contributed by atoms with Crippen molar-refractivity contribution in [2.75, 3.05) is 16.8 Å². The molecule has 4 rings (SSSR count). The van der Waals surface area contributed by atoms with E-state index in [1.165, 1.54) is 0 Å². The number of amides is 2. The number of carbonyl (C=O) groups is 2. The van der Waals surface area contributed by atoms with Gasteiger partial charge in [0.05, 0.1) is 11.1 Å². The van der Waals surface area contributed by atoms with Gasteiger partial charge in [-0.15, -0.1) is 24.8 Å². The number of benzene rings is 1. The molecule has 6 nitrogen and oxygen atoms in total. The zero-order valence-corrected chi connectivity index (χ0v) is 17.7. The number of hydrogen-bond donors (Lipinski definition) is 2. The molecule has 8 heteroatoms. The molecule has 0 saturated heterocycles. The van der Waals surface area contributed by atoms with Gasteiger partial charge < -0.3 is 16.0 Å². The summed E-state index contributed by atoms with van der Waals surface area (Å²) in [6.45, 7) is 0.626. The standard InChI is InChI=1S/C21H24N4O2.2ClH/c22-21(9-2-1-3-10-21)20(27)24-17-6-7-18-15(13-17)8-12-25(18)19(26)16-5-4-11-23-14-16;;/h4-7,11,13-14H,1-3,8-10,12,22H2,(H,24,27);2*1H. The molecule has 0 atom stereocenters. The second-order valence-corrected chi connectivity index (χ2v) is 7.46. The third kappa shape index (κ3) is 4.71. The van der Waals surface area contributed by atoms with Crippen LogP contribution in [-0.2, 0) is 11.2 Å². The zero-order valence-electron chi connectivity index (χ0n) is 16.1. The first-order chi connectivity index (χ1) is 13.1. The molecule has 0 spiro atoms. The van der Waals surface area contributed by atoms with Gasteiger partial charge in [0, 0.05) is 30.3 Å². The van der Waals surface area contributed by atoms with Crippen LogP contribution in [-0.4, -0.2) is 28.9 Å². The second-order valence-electron chi connectivity index (χ2n) is 7.46. The molecule has 29 heavy (non-hydrogen) atoms. The lowest BCUT2D eigenvalue weighted by Gasteiger charge is -2.31. The predicted octanol–water partition coefficient (Wildman–Crippen LogP) is 3.73. The Hall–Kier alpha value is -2.15. The largest absolute Gasteiger partial charge is 0.324 e. The average Bonchev–Trinajstić information content (AvgIpc) is 3.12. The normalized spacial score (nSPS) is 16.8. The maximum Gasteiger partial charge on any atom is 0.259 e. The minimum atomic E-state index is -0.764. The summed E-state index contributed by atoms with van der Waals surface area (Å²) in [6.07, 6.45) is 8.61. The van der Waals surface area contributed by atoms with E-state index in [1.54, 1.807) is 29.4 Å². The number of aromatic nitrogens is 1. The van der Waals surface area contributed by atoms with Gasteiger partial charge in [0.25, 0.3) is 5.91 Å². The molecule has 1 aliphatic heterocycles. The summed E-state index contributed by atoms with van der Waals surface area (Å²) in [6, 6.07) is 9.23. The molecule has 2 amide bonds. The second kappa shape index (κ2) is 9.57. The first-order valence-electron chi connectivity index (χ1n) is 9.52. The Kier molecular flexibility index (Phi) is 7.63. The van der Waals surface area contributed by atoms with Crippen molar-refractivity contribution in [3.8, 4) is 0 Å². The summed E-state index contributed by atoms with van der Waals surface area (Å²) in [7, 11) is 0. The Bertz CT molecular complexity index is 870. The van der Waals surface area contributed by atoms with E-state index < -0.39 is 5.54 Å². The van der Waals surface area contributed by atoms with Crippen molar-refractivity contribution in [1.29, 1.82) is 0 Å². The SMILES string of the molecule is Cl.Cl.NC1(C(=O)Nc2ccc3c(c2)CCN3C(=O)c2cccnc2)CCCCC1. The highest BCUT2D eigenvalue weighted by molar-refractivity contribution is 6.07. The van der Waals surface area contributed by atoms with Crippen LogP contribution >= 0.6 is 24.8 Å². The van der Waals surface area contributed by atoms with E-state index in [2.05, 4.69) is 10.3 Å². The number of rotatable bonds is 3. The van der Waals surface area contributed by atoms with Crippen LogP contribution in [0.4, 0.5) is 11.4 Å². The van der Waals surface area contributed by atoms with Gasteiger partial charge in [-0.3, -0.25) is 14.6 Å². The van der Waals surface area contributed by atoms with Crippen molar-refractivity contribution >= 4 is 48.0 Å². The highest BCUT2D eigenvalue weighted by Crippen LogP contribution is 2.32. The number of carbonyl (C=O) groups excluding carboxylic acids is 2. The van der Waals surface area contributed by atoms with Crippen LogP contribution in [0.3, 0.4) is 0 Å². The number of fused-ring (bicyclic) bond motifs is 1. The molecule has 2 heterocycles. The van der Waals surface area contributed by atoms with Crippen LogP contribution in [0, 0.1) is 0 Å².